The largest absolute Gasteiger partial charge is 0.497 e. The molecule has 3 aromatic rings. The molecule has 2 aromatic carbocycles. The van der Waals surface area contributed by atoms with Gasteiger partial charge in [0.2, 0.25) is 0 Å². The molecule has 0 aliphatic heterocycles. The number of rotatable bonds is 10. The number of carbonyl (C=O) groups excluding carboxylic acids is 1. The van der Waals surface area contributed by atoms with Crippen molar-refractivity contribution >= 4 is 11.7 Å². The molecule has 0 bridgehead atoms. The Labute approximate surface area is 171 Å². The first kappa shape index (κ1) is 20.3. The van der Waals surface area contributed by atoms with Gasteiger partial charge in [-0.05, 0) is 54.7 Å². The van der Waals surface area contributed by atoms with E-state index in [1.807, 2.05) is 30.3 Å². The fourth-order valence-corrected chi connectivity index (χ4v) is 2.94. The van der Waals surface area contributed by atoms with Gasteiger partial charge in [0, 0.05) is 13.1 Å². The van der Waals surface area contributed by atoms with Crippen LogP contribution in [-0.2, 0) is 12.8 Å². The molecule has 29 heavy (non-hydrogen) atoms. The van der Waals surface area contributed by atoms with Crippen LogP contribution in [0, 0.1) is 0 Å². The molecule has 0 fully saturated rings. The molecular formula is C23H26N4O2. The molecule has 0 spiro atoms. The lowest BCUT2D eigenvalue weighted by Crippen LogP contribution is -2.26. The number of ether oxygens (including phenoxy) is 1. The van der Waals surface area contributed by atoms with Gasteiger partial charge in [-0.3, -0.25) is 4.79 Å². The van der Waals surface area contributed by atoms with Crippen LogP contribution in [0.15, 0.2) is 66.7 Å². The summed E-state index contributed by atoms with van der Waals surface area (Å²) in [4.78, 5) is 12.2. The summed E-state index contributed by atoms with van der Waals surface area (Å²) in [6.45, 7) is 1.32. The number of aryl methyl sites for hydroxylation is 1. The second-order valence-electron chi connectivity index (χ2n) is 6.68. The van der Waals surface area contributed by atoms with E-state index in [4.69, 9.17) is 4.74 Å². The van der Waals surface area contributed by atoms with E-state index in [1.165, 1.54) is 5.56 Å². The van der Waals surface area contributed by atoms with Crippen molar-refractivity contribution in [1.82, 2.24) is 15.5 Å². The minimum Gasteiger partial charge on any atom is -0.497 e. The van der Waals surface area contributed by atoms with E-state index in [1.54, 1.807) is 19.2 Å². The first-order valence-electron chi connectivity index (χ1n) is 9.77. The number of nitrogens with one attached hydrogen (secondary N) is 2. The number of amides is 1. The van der Waals surface area contributed by atoms with Crippen molar-refractivity contribution in [3.63, 3.8) is 0 Å². The topological polar surface area (TPSA) is 76.1 Å². The van der Waals surface area contributed by atoms with Crippen LogP contribution in [0.3, 0.4) is 0 Å². The predicted octanol–water partition coefficient (Wildman–Crippen LogP) is 3.50. The Hall–Kier alpha value is -3.41. The van der Waals surface area contributed by atoms with Gasteiger partial charge in [0.15, 0.2) is 5.69 Å². The summed E-state index contributed by atoms with van der Waals surface area (Å²) < 4.78 is 5.21. The van der Waals surface area contributed by atoms with Crippen molar-refractivity contribution in [2.75, 3.05) is 25.5 Å². The van der Waals surface area contributed by atoms with Gasteiger partial charge in [-0.15, -0.1) is 10.2 Å². The molecule has 0 saturated carbocycles. The fraction of sp³-hybridized carbons (Fsp3) is 0.261. The zero-order chi connectivity index (χ0) is 20.3. The standard InChI is InChI=1S/C23H26N4O2/c1-29-20-11-5-9-19(17-20)14-16-25-23(28)21-12-13-22(27-26-21)24-15-6-10-18-7-3-2-4-8-18/h2-5,7-9,11-13,17H,6,10,14-16H2,1H3,(H,24,27)(H,25,28). The molecular weight excluding hydrogens is 364 g/mol. The van der Waals surface area contributed by atoms with Crippen molar-refractivity contribution in [2.45, 2.75) is 19.3 Å². The Morgan fingerprint density at radius 1 is 0.897 bits per heavy atom. The first-order valence-corrected chi connectivity index (χ1v) is 9.77. The Bertz CT molecular complexity index is 898. The van der Waals surface area contributed by atoms with Crippen molar-refractivity contribution in [1.29, 1.82) is 0 Å². The van der Waals surface area contributed by atoms with E-state index in [2.05, 4.69) is 45.1 Å². The van der Waals surface area contributed by atoms with Gasteiger partial charge in [-0.2, -0.15) is 0 Å². The quantitative estimate of drug-likeness (QED) is 0.518. The van der Waals surface area contributed by atoms with Crippen molar-refractivity contribution in [3.05, 3.63) is 83.6 Å². The maximum atomic E-state index is 12.2. The van der Waals surface area contributed by atoms with Gasteiger partial charge in [-0.25, -0.2) is 0 Å². The molecule has 0 unspecified atom stereocenters. The minimum atomic E-state index is -0.226. The molecule has 0 saturated heterocycles. The fourth-order valence-electron chi connectivity index (χ4n) is 2.94. The summed E-state index contributed by atoms with van der Waals surface area (Å²) >= 11 is 0. The predicted molar refractivity (Wildman–Crippen MR) is 114 cm³/mol. The third-order valence-electron chi connectivity index (χ3n) is 4.52. The van der Waals surface area contributed by atoms with Crippen LogP contribution in [0.4, 0.5) is 5.82 Å². The van der Waals surface area contributed by atoms with Crippen LogP contribution in [0.25, 0.3) is 0 Å². The molecule has 150 valence electrons. The van der Waals surface area contributed by atoms with E-state index in [0.717, 1.165) is 37.1 Å². The summed E-state index contributed by atoms with van der Waals surface area (Å²) in [5.74, 6) is 1.26. The number of methoxy groups -OCH3 is 1. The van der Waals surface area contributed by atoms with E-state index in [9.17, 15) is 4.79 Å². The van der Waals surface area contributed by atoms with E-state index >= 15 is 0 Å². The molecule has 1 amide bonds. The number of carbonyl (C=O) groups is 1. The Morgan fingerprint density at radius 3 is 2.48 bits per heavy atom. The van der Waals surface area contributed by atoms with E-state index < -0.39 is 0 Å². The van der Waals surface area contributed by atoms with Gasteiger partial charge in [0.25, 0.3) is 5.91 Å². The Morgan fingerprint density at radius 2 is 1.72 bits per heavy atom. The first-order chi connectivity index (χ1) is 14.2. The highest BCUT2D eigenvalue weighted by atomic mass is 16.5. The average molecular weight is 390 g/mol. The van der Waals surface area contributed by atoms with Gasteiger partial charge >= 0.3 is 0 Å². The highest BCUT2D eigenvalue weighted by molar-refractivity contribution is 5.92. The van der Waals surface area contributed by atoms with Crippen molar-refractivity contribution in [2.24, 2.45) is 0 Å². The molecule has 3 rings (SSSR count). The van der Waals surface area contributed by atoms with Crippen molar-refractivity contribution < 1.29 is 9.53 Å². The third kappa shape index (κ3) is 6.60. The van der Waals surface area contributed by atoms with E-state index in [-0.39, 0.29) is 5.91 Å². The lowest BCUT2D eigenvalue weighted by Gasteiger charge is -2.07. The monoisotopic (exact) mass is 390 g/mol. The summed E-state index contributed by atoms with van der Waals surface area (Å²) in [6.07, 6.45) is 2.73. The van der Waals surface area contributed by atoms with Crippen LogP contribution in [0.5, 0.6) is 5.75 Å². The SMILES string of the molecule is COc1cccc(CCNC(=O)c2ccc(NCCCc3ccccc3)nn2)c1. The lowest BCUT2D eigenvalue weighted by atomic mass is 10.1. The van der Waals surface area contributed by atoms with Crippen LogP contribution < -0.4 is 15.4 Å². The number of hydrogen-bond acceptors (Lipinski definition) is 5. The molecule has 0 atom stereocenters. The Kier molecular flexibility index (Phi) is 7.57. The molecule has 0 radical (unpaired) electrons. The summed E-state index contributed by atoms with van der Waals surface area (Å²) in [5.41, 5.74) is 2.73. The zero-order valence-electron chi connectivity index (χ0n) is 16.6. The normalized spacial score (nSPS) is 10.4. The Balaban J connectivity index is 1.39. The molecule has 6 heteroatoms. The molecule has 2 N–H and O–H groups in total. The third-order valence-corrected chi connectivity index (χ3v) is 4.52. The maximum absolute atomic E-state index is 12.2. The molecule has 1 heterocycles. The summed E-state index contributed by atoms with van der Waals surface area (Å²) in [5, 5.41) is 14.2. The number of anilines is 1. The highest BCUT2D eigenvalue weighted by Gasteiger charge is 2.08. The summed E-state index contributed by atoms with van der Waals surface area (Å²) in [7, 11) is 1.64. The zero-order valence-corrected chi connectivity index (χ0v) is 16.6. The average Bonchev–Trinajstić information content (AvgIpc) is 2.78. The van der Waals surface area contributed by atoms with Gasteiger partial charge in [-0.1, -0.05) is 42.5 Å². The molecule has 1 aromatic heterocycles. The molecule has 0 aliphatic carbocycles. The minimum absolute atomic E-state index is 0.226. The maximum Gasteiger partial charge on any atom is 0.271 e. The van der Waals surface area contributed by atoms with Gasteiger partial charge in [0.05, 0.1) is 7.11 Å². The highest BCUT2D eigenvalue weighted by Crippen LogP contribution is 2.12. The number of nitrogens with zero attached hydrogens (tertiary/aromatic N) is 2. The van der Waals surface area contributed by atoms with Crippen LogP contribution in [-0.4, -0.2) is 36.3 Å². The molecule has 6 nitrogen and oxygen atoms in total. The van der Waals surface area contributed by atoms with Crippen LogP contribution >= 0.6 is 0 Å². The van der Waals surface area contributed by atoms with Gasteiger partial charge in [0.1, 0.15) is 11.6 Å². The van der Waals surface area contributed by atoms with Gasteiger partial charge < -0.3 is 15.4 Å². The van der Waals surface area contributed by atoms with Crippen LogP contribution in [0.2, 0.25) is 0 Å². The smallest absolute Gasteiger partial charge is 0.271 e. The summed E-state index contributed by atoms with van der Waals surface area (Å²) in [6, 6.07) is 21.7. The second-order valence-corrected chi connectivity index (χ2v) is 6.68. The number of benzene rings is 2. The van der Waals surface area contributed by atoms with Crippen LogP contribution in [0.1, 0.15) is 28.0 Å². The second kappa shape index (κ2) is 10.8. The number of aromatic nitrogens is 2. The van der Waals surface area contributed by atoms with E-state index in [0.29, 0.717) is 18.1 Å². The molecule has 0 aliphatic rings. The van der Waals surface area contributed by atoms with Crippen molar-refractivity contribution in [3.8, 4) is 5.75 Å². The lowest BCUT2D eigenvalue weighted by molar-refractivity contribution is 0.0948. The number of hydrogen-bond donors (Lipinski definition) is 2.